The molecule has 0 N–H and O–H groups in total. The van der Waals surface area contributed by atoms with Gasteiger partial charge in [-0.1, -0.05) is 12.1 Å². The summed E-state index contributed by atoms with van der Waals surface area (Å²) in [4.78, 5) is 25.4. The van der Waals surface area contributed by atoms with Crippen molar-refractivity contribution in [2.45, 2.75) is 31.6 Å². The molecule has 2 unspecified atom stereocenters. The standard InChI is InChI=1S/C14H12N2O3/c15-7-9-1-3-10(4-2-9)8-16-13(17)11-5-6-12(19-11)14(16)18/h1-4,11-12H,5-6,8H2. The molecule has 0 saturated carbocycles. The van der Waals surface area contributed by atoms with Crippen LogP contribution in [0.5, 0.6) is 0 Å². The quantitative estimate of drug-likeness (QED) is 0.739. The van der Waals surface area contributed by atoms with Gasteiger partial charge in [-0.3, -0.25) is 14.5 Å². The van der Waals surface area contributed by atoms with Gasteiger partial charge in [-0.25, -0.2) is 0 Å². The number of hydrogen-bond acceptors (Lipinski definition) is 4. The molecule has 2 aliphatic heterocycles. The minimum atomic E-state index is -0.457. The van der Waals surface area contributed by atoms with E-state index in [1.807, 2.05) is 6.07 Å². The second-order valence-electron chi connectivity index (χ2n) is 4.76. The number of morpholine rings is 1. The molecule has 0 aromatic heterocycles. The van der Waals surface area contributed by atoms with Gasteiger partial charge in [0, 0.05) is 0 Å². The van der Waals surface area contributed by atoms with E-state index in [0.29, 0.717) is 18.4 Å². The van der Waals surface area contributed by atoms with Crippen molar-refractivity contribution in [3.8, 4) is 6.07 Å². The normalized spacial score (nSPS) is 25.5. The number of fused-ring (bicyclic) bond motifs is 2. The Morgan fingerprint density at radius 1 is 1.16 bits per heavy atom. The highest BCUT2D eigenvalue weighted by Gasteiger charge is 2.46. The van der Waals surface area contributed by atoms with Crippen LogP contribution in [-0.4, -0.2) is 28.9 Å². The lowest BCUT2D eigenvalue weighted by molar-refractivity contribution is -0.169. The largest absolute Gasteiger partial charge is 0.355 e. The first-order chi connectivity index (χ1) is 9.19. The zero-order valence-electron chi connectivity index (χ0n) is 10.2. The number of likely N-dealkylation sites (tertiary alicyclic amines) is 1. The fourth-order valence-corrected chi connectivity index (χ4v) is 2.48. The molecule has 2 saturated heterocycles. The molecule has 2 bridgehead atoms. The lowest BCUT2D eigenvalue weighted by Crippen LogP contribution is -2.51. The average molecular weight is 256 g/mol. The van der Waals surface area contributed by atoms with Gasteiger partial charge in [0.15, 0.2) is 0 Å². The Morgan fingerprint density at radius 2 is 1.74 bits per heavy atom. The summed E-state index contributed by atoms with van der Waals surface area (Å²) in [6.45, 7) is 0.250. The second-order valence-corrected chi connectivity index (χ2v) is 4.76. The lowest BCUT2D eigenvalue weighted by atomic mass is 10.1. The van der Waals surface area contributed by atoms with Crippen molar-refractivity contribution >= 4 is 11.8 Å². The second kappa shape index (κ2) is 4.48. The van der Waals surface area contributed by atoms with E-state index in [2.05, 4.69) is 0 Å². The summed E-state index contributed by atoms with van der Waals surface area (Å²) in [6.07, 6.45) is 0.334. The van der Waals surface area contributed by atoms with Crippen molar-refractivity contribution in [3.63, 3.8) is 0 Å². The minimum absolute atomic E-state index is 0.247. The maximum atomic E-state index is 12.0. The predicted molar refractivity (Wildman–Crippen MR) is 64.6 cm³/mol. The third-order valence-corrected chi connectivity index (χ3v) is 3.53. The van der Waals surface area contributed by atoms with Crippen molar-refractivity contribution < 1.29 is 14.3 Å². The van der Waals surface area contributed by atoms with Gasteiger partial charge in [-0.05, 0) is 30.5 Å². The van der Waals surface area contributed by atoms with Crippen molar-refractivity contribution in [1.29, 1.82) is 5.26 Å². The third-order valence-electron chi connectivity index (χ3n) is 3.53. The minimum Gasteiger partial charge on any atom is -0.355 e. The molecular formula is C14H12N2O3. The molecule has 1 aromatic rings. The van der Waals surface area contributed by atoms with Gasteiger partial charge < -0.3 is 4.74 Å². The maximum Gasteiger partial charge on any atom is 0.258 e. The van der Waals surface area contributed by atoms with E-state index in [1.54, 1.807) is 24.3 Å². The monoisotopic (exact) mass is 256 g/mol. The molecule has 0 aliphatic carbocycles. The first-order valence-electron chi connectivity index (χ1n) is 6.19. The van der Waals surface area contributed by atoms with Gasteiger partial charge in [-0.2, -0.15) is 5.26 Å². The smallest absolute Gasteiger partial charge is 0.258 e. The lowest BCUT2D eigenvalue weighted by Gasteiger charge is -2.29. The molecule has 2 fully saturated rings. The molecular weight excluding hydrogens is 244 g/mol. The summed E-state index contributed by atoms with van der Waals surface area (Å²) in [5, 5.41) is 8.73. The fourth-order valence-electron chi connectivity index (χ4n) is 2.48. The van der Waals surface area contributed by atoms with E-state index < -0.39 is 12.2 Å². The number of rotatable bonds is 2. The number of carbonyl (C=O) groups is 2. The van der Waals surface area contributed by atoms with E-state index in [0.717, 1.165) is 5.56 Å². The number of hydrogen-bond donors (Lipinski definition) is 0. The van der Waals surface area contributed by atoms with Gasteiger partial charge >= 0.3 is 0 Å². The average Bonchev–Trinajstić information content (AvgIpc) is 2.89. The van der Waals surface area contributed by atoms with Gasteiger partial charge in [0.2, 0.25) is 0 Å². The molecule has 3 rings (SSSR count). The molecule has 2 aliphatic rings. The third kappa shape index (κ3) is 2.00. The zero-order chi connectivity index (χ0) is 13.4. The highest BCUT2D eigenvalue weighted by molar-refractivity contribution is 6.02. The number of benzene rings is 1. The Bertz CT molecular complexity index is 551. The molecule has 2 heterocycles. The summed E-state index contributed by atoms with van der Waals surface area (Å²) >= 11 is 0. The summed E-state index contributed by atoms with van der Waals surface area (Å²) in [5.41, 5.74) is 1.39. The predicted octanol–water partition coefficient (Wildman–Crippen LogP) is 0.975. The van der Waals surface area contributed by atoms with Crippen molar-refractivity contribution in [2.75, 3.05) is 0 Å². The topological polar surface area (TPSA) is 70.4 Å². The molecule has 1 aromatic carbocycles. The van der Waals surface area contributed by atoms with E-state index >= 15 is 0 Å². The van der Waals surface area contributed by atoms with Gasteiger partial charge in [0.25, 0.3) is 11.8 Å². The Labute approximate surface area is 110 Å². The van der Waals surface area contributed by atoms with Crippen molar-refractivity contribution in [2.24, 2.45) is 0 Å². The molecule has 5 heteroatoms. The number of ether oxygens (including phenoxy) is 1. The number of imide groups is 1. The highest BCUT2D eigenvalue weighted by atomic mass is 16.5. The number of amides is 2. The Balaban J connectivity index is 1.80. The van der Waals surface area contributed by atoms with Crippen molar-refractivity contribution in [1.82, 2.24) is 4.90 Å². The first-order valence-corrected chi connectivity index (χ1v) is 6.19. The number of nitrogens with zero attached hydrogens (tertiary/aromatic N) is 2. The molecule has 2 amide bonds. The van der Waals surface area contributed by atoms with Crippen LogP contribution in [0.15, 0.2) is 24.3 Å². The number of carbonyl (C=O) groups excluding carboxylic acids is 2. The first kappa shape index (κ1) is 11.9. The Hall–Kier alpha value is -2.19. The van der Waals surface area contributed by atoms with Gasteiger partial charge in [0.05, 0.1) is 18.2 Å². The molecule has 0 radical (unpaired) electrons. The highest BCUT2D eigenvalue weighted by Crippen LogP contribution is 2.29. The van der Waals surface area contributed by atoms with E-state index in [-0.39, 0.29) is 18.4 Å². The van der Waals surface area contributed by atoms with Crippen LogP contribution >= 0.6 is 0 Å². The van der Waals surface area contributed by atoms with Crippen LogP contribution in [0.4, 0.5) is 0 Å². The van der Waals surface area contributed by atoms with Crippen LogP contribution in [0, 0.1) is 11.3 Å². The van der Waals surface area contributed by atoms with Crippen LogP contribution in [0.25, 0.3) is 0 Å². The number of nitriles is 1. The Morgan fingerprint density at radius 3 is 2.26 bits per heavy atom. The van der Waals surface area contributed by atoms with E-state index in [1.165, 1.54) is 4.90 Å². The summed E-state index contributed by atoms with van der Waals surface area (Å²) < 4.78 is 5.34. The van der Waals surface area contributed by atoms with Crippen LogP contribution in [0.3, 0.4) is 0 Å². The van der Waals surface area contributed by atoms with Crippen LogP contribution < -0.4 is 0 Å². The fraction of sp³-hybridized carbons (Fsp3) is 0.357. The molecule has 0 spiro atoms. The van der Waals surface area contributed by atoms with E-state index in [4.69, 9.17) is 10.00 Å². The maximum absolute atomic E-state index is 12.0. The molecule has 2 atom stereocenters. The van der Waals surface area contributed by atoms with Crippen LogP contribution in [-0.2, 0) is 20.9 Å². The molecule has 5 nitrogen and oxygen atoms in total. The molecule has 96 valence electrons. The zero-order valence-corrected chi connectivity index (χ0v) is 10.2. The van der Waals surface area contributed by atoms with Gasteiger partial charge in [0.1, 0.15) is 12.2 Å². The Kier molecular flexibility index (Phi) is 2.80. The van der Waals surface area contributed by atoms with Gasteiger partial charge in [-0.15, -0.1) is 0 Å². The summed E-state index contributed by atoms with van der Waals surface area (Å²) in [6, 6.07) is 8.91. The van der Waals surface area contributed by atoms with Crippen molar-refractivity contribution in [3.05, 3.63) is 35.4 Å². The molecule has 19 heavy (non-hydrogen) atoms. The SMILES string of the molecule is N#Cc1ccc(CN2C(=O)C3CCC(O3)C2=O)cc1. The van der Waals surface area contributed by atoms with Crippen LogP contribution in [0.1, 0.15) is 24.0 Å². The van der Waals surface area contributed by atoms with E-state index in [9.17, 15) is 9.59 Å². The summed E-state index contributed by atoms with van der Waals surface area (Å²) in [7, 11) is 0. The van der Waals surface area contributed by atoms with Crippen LogP contribution in [0.2, 0.25) is 0 Å². The summed E-state index contributed by atoms with van der Waals surface area (Å²) in [5.74, 6) is -0.494.